The number of benzene rings is 1. The summed E-state index contributed by atoms with van der Waals surface area (Å²) in [5.74, 6) is 0.0586. The summed E-state index contributed by atoms with van der Waals surface area (Å²) in [6.45, 7) is -0.145. The van der Waals surface area contributed by atoms with E-state index in [1.807, 2.05) is 0 Å². The van der Waals surface area contributed by atoms with Crippen molar-refractivity contribution in [3.05, 3.63) is 23.8 Å². The van der Waals surface area contributed by atoms with Crippen molar-refractivity contribution in [2.24, 2.45) is 5.73 Å². The average molecular weight is 252 g/mol. The van der Waals surface area contributed by atoms with Crippen molar-refractivity contribution in [1.29, 1.82) is 0 Å². The maximum Gasteiger partial charge on any atom is 0.257 e. The Morgan fingerprint density at radius 2 is 1.94 bits per heavy atom. The lowest BCUT2D eigenvalue weighted by Crippen LogP contribution is -2.35. The van der Waals surface area contributed by atoms with Gasteiger partial charge in [-0.3, -0.25) is 9.59 Å². The van der Waals surface area contributed by atoms with Crippen molar-refractivity contribution in [2.45, 2.75) is 0 Å². The molecule has 18 heavy (non-hydrogen) atoms. The normalized spacial score (nSPS) is 9.72. The third kappa shape index (κ3) is 3.13. The van der Waals surface area contributed by atoms with Crippen LogP contribution in [0, 0.1) is 0 Å². The molecule has 0 radical (unpaired) electrons. The molecule has 0 saturated carbocycles. The van der Waals surface area contributed by atoms with Gasteiger partial charge in [0.15, 0.2) is 0 Å². The highest BCUT2D eigenvalue weighted by Gasteiger charge is 2.18. The number of hydrogen-bond donors (Lipinski definition) is 1. The Labute approximate surface area is 105 Å². The molecule has 0 saturated heterocycles. The molecule has 0 aliphatic rings. The van der Waals surface area contributed by atoms with Crippen LogP contribution >= 0.6 is 0 Å². The van der Waals surface area contributed by atoms with Crippen LogP contribution in [0.25, 0.3) is 0 Å². The van der Waals surface area contributed by atoms with Gasteiger partial charge >= 0.3 is 0 Å². The van der Waals surface area contributed by atoms with Gasteiger partial charge in [-0.05, 0) is 12.1 Å². The summed E-state index contributed by atoms with van der Waals surface area (Å²) in [5.41, 5.74) is 5.39. The molecule has 1 rings (SSSR count). The quantitative estimate of drug-likeness (QED) is 0.815. The molecule has 2 N–H and O–H groups in total. The number of hydrogen-bond acceptors (Lipinski definition) is 4. The number of rotatable bonds is 5. The van der Waals surface area contributed by atoms with Crippen molar-refractivity contribution in [2.75, 3.05) is 27.8 Å². The first-order valence-corrected chi connectivity index (χ1v) is 5.25. The highest BCUT2D eigenvalue weighted by Crippen LogP contribution is 2.25. The van der Waals surface area contributed by atoms with Gasteiger partial charge in [0.25, 0.3) is 5.91 Å². The SMILES string of the molecule is COc1ccc(C(=O)N(C)CC(N)=O)c(OC)c1. The zero-order chi connectivity index (χ0) is 13.7. The van der Waals surface area contributed by atoms with E-state index in [0.29, 0.717) is 17.1 Å². The largest absolute Gasteiger partial charge is 0.497 e. The van der Waals surface area contributed by atoms with Gasteiger partial charge in [-0.2, -0.15) is 0 Å². The molecule has 98 valence electrons. The molecule has 0 aliphatic heterocycles. The molecule has 0 bridgehead atoms. The number of carbonyl (C=O) groups excluding carboxylic acids is 2. The van der Waals surface area contributed by atoms with Crippen LogP contribution in [0.15, 0.2) is 18.2 Å². The third-order valence-electron chi connectivity index (χ3n) is 2.38. The molecule has 0 atom stereocenters. The molecule has 0 aliphatic carbocycles. The Morgan fingerprint density at radius 1 is 1.28 bits per heavy atom. The number of nitrogens with two attached hydrogens (primary N) is 1. The van der Waals surface area contributed by atoms with Crippen LogP contribution in [0.2, 0.25) is 0 Å². The molecular formula is C12H16N2O4. The minimum absolute atomic E-state index is 0.145. The smallest absolute Gasteiger partial charge is 0.257 e. The van der Waals surface area contributed by atoms with Crippen LogP contribution in [0.5, 0.6) is 11.5 Å². The van der Waals surface area contributed by atoms with Crippen molar-refractivity contribution in [3.8, 4) is 11.5 Å². The van der Waals surface area contributed by atoms with E-state index < -0.39 is 5.91 Å². The van der Waals surface area contributed by atoms with Gasteiger partial charge in [-0.25, -0.2) is 0 Å². The fourth-order valence-electron chi connectivity index (χ4n) is 1.49. The lowest BCUT2D eigenvalue weighted by molar-refractivity contribution is -0.118. The highest BCUT2D eigenvalue weighted by molar-refractivity contribution is 5.98. The minimum Gasteiger partial charge on any atom is -0.497 e. The topological polar surface area (TPSA) is 81.9 Å². The van der Waals surface area contributed by atoms with E-state index >= 15 is 0 Å². The number of carbonyl (C=O) groups is 2. The zero-order valence-electron chi connectivity index (χ0n) is 10.6. The zero-order valence-corrected chi connectivity index (χ0v) is 10.6. The first kappa shape index (κ1) is 13.8. The summed E-state index contributed by atoms with van der Waals surface area (Å²) < 4.78 is 10.2. The van der Waals surface area contributed by atoms with Crippen LogP contribution < -0.4 is 15.2 Å². The van der Waals surface area contributed by atoms with E-state index in [4.69, 9.17) is 15.2 Å². The second-order valence-electron chi connectivity index (χ2n) is 3.69. The molecule has 0 spiro atoms. The predicted octanol–water partition coefficient (Wildman–Crippen LogP) is 0.261. The summed E-state index contributed by atoms with van der Waals surface area (Å²) in [5, 5.41) is 0. The molecule has 0 unspecified atom stereocenters. The lowest BCUT2D eigenvalue weighted by Gasteiger charge is -2.17. The van der Waals surface area contributed by atoms with E-state index in [-0.39, 0.29) is 12.5 Å². The molecule has 6 heteroatoms. The maximum atomic E-state index is 12.1. The third-order valence-corrected chi connectivity index (χ3v) is 2.38. The van der Waals surface area contributed by atoms with Gasteiger partial charge in [0.05, 0.1) is 26.3 Å². The van der Waals surface area contributed by atoms with Gasteiger partial charge in [0, 0.05) is 13.1 Å². The summed E-state index contributed by atoms with van der Waals surface area (Å²) in [4.78, 5) is 24.1. The minimum atomic E-state index is -0.571. The van der Waals surface area contributed by atoms with Crippen molar-refractivity contribution in [3.63, 3.8) is 0 Å². The fourth-order valence-corrected chi connectivity index (χ4v) is 1.49. The van der Waals surface area contributed by atoms with E-state index in [0.717, 1.165) is 0 Å². The summed E-state index contributed by atoms with van der Waals surface area (Å²) >= 11 is 0. The van der Waals surface area contributed by atoms with Gasteiger partial charge in [-0.1, -0.05) is 0 Å². The Hall–Kier alpha value is -2.24. The van der Waals surface area contributed by atoms with Crippen LogP contribution in [0.4, 0.5) is 0 Å². The van der Waals surface area contributed by atoms with Gasteiger partial charge in [-0.15, -0.1) is 0 Å². The van der Waals surface area contributed by atoms with Crippen molar-refractivity contribution < 1.29 is 19.1 Å². The number of amides is 2. The standard InChI is InChI=1S/C12H16N2O4/c1-14(7-11(13)15)12(16)9-5-4-8(17-2)6-10(9)18-3/h4-6H,7H2,1-3H3,(H2,13,15). The van der Waals surface area contributed by atoms with Gasteiger partial charge in [0.1, 0.15) is 11.5 Å². The second kappa shape index (κ2) is 5.90. The number of ether oxygens (including phenoxy) is 2. The van der Waals surface area contributed by atoms with Crippen LogP contribution in [0.1, 0.15) is 10.4 Å². The van der Waals surface area contributed by atoms with Crippen LogP contribution in [-0.4, -0.2) is 44.5 Å². The number of nitrogens with zero attached hydrogens (tertiary/aromatic N) is 1. The van der Waals surface area contributed by atoms with E-state index in [1.165, 1.54) is 26.2 Å². The van der Waals surface area contributed by atoms with Crippen LogP contribution in [-0.2, 0) is 4.79 Å². The monoisotopic (exact) mass is 252 g/mol. The lowest BCUT2D eigenvalue weighted by atomic mass is 10.1. The van der Waals surface area contributed by atoms with E-state index in [2.05, 4.69) is 0 Å². The molecule has 2 amide bonds. The number of methoxy groups -OCH3 is 2. The van der Waals surface area contributed by atoms with Crippen LogP contribution in [0.3, 0.4) is 0 Å². The Balaban J connectivity index is 3.01. The Bertz CT molecular complexity index is 459. The molecule has 0 fully saturated rings. The molecule has 1 aromatic rings. The first-order valence-electron chi connectivity index (χ1n) is 5.25. The van der Waals surface area contributed by atoms with Gasteiger partial charge in [0.2, 0.25) is 5.91 Å². The Kier molecular flexibility index (Phi) is 4.53. The van der Waals surface area contributed by atoms with E-state index in [9.17, 15) is 9.59 Å². The molecular weight excluding hydrogens is 236 g/mol. The maximum absolute atomic E-state index is 12.1. The first-order chi connectivity index (χ1) is 8.49. The summed E-state index contributed by atoms with van der Waals surface area (Å²) in [7, 11) is 4.48. The summed E-state index contributed by atoms with van der Waals surface area (Å²) in [6.07, 6.45) is 0. The van der Waals surface area contributed by atoms with Crippen molar-refractivity contribution in [1.82, 2.24) is 4.90 Å². The van der Waals surface area contributed by atoms with Crippen molar-refractivity contribution >= 4 is 11.8 Å². The predicted molar refractivity (Wildman–Crippen MR) is 65.7 cm³/mol. The number of primary amides is 1. The van der Waals surface area contributed by atoms with E-state index in [1.54, 1.807) is 18.2 Å². The van der Waals surface area contributed by atoms with Gasteiger partial charge < -0.3 is 20.1 Å². The highest BCUT2D eigenvalue weighted by atomic mass is 16.5. The average Bonchev–Trinajstić information content (AvgIpc) is 2.36. The molecule has 1 aromatic carbocycles. The molecule has 0 heterocycles. The molecule has 6 nitrogen and oxygen atoms in total. The number of likely N-dealkylation sites (N-methyl/N-ethyl adjacent to an activating group) is 1. The molecule has 0 aromatic heterocycles. The summed E-state index contributed by atoms with van der Waals surface area (Å²) in [6, 6.07) is 4.83. The fraction of sp³-hybridized carbons (Fsp3) is 0.333. The second-order valence-corrected chi connectivity index (χ2v) is 3.69. The Morgan fingerprint density at radius 3 is 2.44 bits per heavy atom.